The molecule has 8 heteroatoms. The zero-order valence-electron chi connectivity index (χ0n) is 16.2. The van der Waals surface area contributed by atoms with E-state index in [0.717, 1.165) is 6.08 Å². The first-order chi connectivity index (χ1) is 13.8. The maximum atomic E-state index is 13.6. The number of ether oxygens (including phenoxy) is 2. The molecule has 0 saturated heterocycles. The summed E-state index contributed by atoms with van der Waals surface area (Å²) in [7, 11) is 1.36. The van der Waals surface area contributed by atoms with Crippen LogP contribution in [0.25, 0.3) is 6.08 Å². The average Bonchev–Trinajstić information content (AvgIpc) is 2.67. The second-order valence-corrected chi connectivity index (χ2v) is 6.05. The van der Waals surface area contributed by atoms with Crippen LogP contribution in [0, 0.1) is 5.82 Å². The molecular weight excluding hydrogens is 379 g/mol. The van der Waals surface area contributed by atoms with Gasteiger partial charge < -0.3 is 20.1 Å². The van der Waals surface area contributed by atoms with Crippen molar-refractivity contribution in [1.29, 1.82) is 0 Å². The molecule has 0 heterocycles. The van der Waals surface area contributed by atoms with Gasteiger partial charge in [-0.15, -0.1) is 0 Å². The van der Waals surface area contributed by atoms with Crippen molar-refractivity contribution in [1.82, 2.24) is 0 Å². The number of anilines is 2. The minimum absolute atomic E-state index is 0.0973. The van der Waals surface area contributed by atoms with E-state index >= 15 is 0 Å². The van der Waals surface area contributed by atoms with Gasteiger partial charge in [0.15, 0.2) is 17.7 Å². The van der Waals surface area contributed by atoms with Gasteiger partial charge in [-0.1, -0.05) is 6.07 Å². The molecule has 7 nitrogen and oxygen atoms in total. The summed E-state index contributed by atoms with van der Waals surface area (Å²) >= 11 is 0. The molecule has 0 aliphatic carbocycles. The normalized spacial score (nSPS) is 11.6. The number of amides is 2. The Bertz CT molecular complexity index is 925. The number of hydrogen-bond acceptors (Lipinski definition) is 5. The van der Waals surface area contributed by atoms with Crippen LogP contribution in [0.3, 0.4) is 0 Å². The van der Waals surface area contributed by atoms with Gasteiger partial charge in [0, 0.05) is 24.4 Å². The molecule has 2 amide bonds. The molecule has 2 N–H and O–H groups in total. The summed E-state index contributed by atoms with van der Waals surface area (Å²) in [5, 5.41) is 5.22. The molecule has 152 valence electrons. The lowest BCUT2D eigenvalue weighted by atomic mass is 10.2. The molecule has 0 fully saturated rings. The average molecular weight is 400 g/mol. The fourth-order valence-electron chi connectivity index (χ4n) is 2.30. The third kappa shape index (κ3) is 6.76. The number of hydrogen-bond donors (Lipinski definition) is 2. The number of halogens is 1. The summed E-state index contributed by atoms with van der Waals surface area (Å²) in [6, 6.07) is 10.7. The number of carbonyl (C=O) groups excluding carboxylic acids is 3. The van der Waals surface area contributed by atoms with Crippen LogP contribution in [-0.4, -0.2) is 31.0 Å². The Morgan fingerprint density at radius 3 is 2.21 bits per heavy atom. The van der Waals surface area contributed by atoms with Crippen molar-refractivity contribution < 1.29 is 28.2 Å². The van der Waals surface area contributed by atoms with E-state index < -0.39 is 23.8 Å². The molecule has 0 aromatic heterocycles. The van der Waals surface area contributed by atoms with Gasteiger partial charge in [-0.25, -0.2) is 9.18 Å². The van der Waals surface area contributed by atoms with E-state index in [-0.39, 0.29) is 11.7 Å². The Hall–Kier alpha value is -3.68. The van der Waals surface area contributed by atoms with Gasteiger partial charge in [-0.2, -0.15) is 0 Å². The standard InChI is InChI=1S/C21H21FN2O5/c1-13(21(27)24-17-8-6-16(7-9-17)23-14(2)25)29-20(26)11-5-15-4-10-19(28-3)18(22)12-15/h4-13H,1-3H3,(H,23,25)(H,24,27)/b11-5+/t13-/m0/s1. The number of carbonyl (C=O) groups is 3. The number of methoxy groups -OCH3 is 1. The third-order valence-electron chi connectivity index (χ3n) is 3.72. The maximum absolute atomic E-state index is 13.6. The zero-order chi connectivity index (χ0) is 21.4. The summed E-state index contributed by atoms with van der Waals surface area (Å²) in [6.07, 6.45) is 1.43. The summed E-state index contributed by atoms with van der Waals surface area (Å²) in [4.78, 5) is 35.0. The monoisotopic (exact) mass is 400 g/mol. The Kier molecular flexibility index (Phi) is 7.47. The number of rotatable bonds is 7. The molecule has 29 heavy (non-hydrogen) atoms. The van der Waals surface area contributed by atoms with Crippen molar-refractivity contribution in [2.75, 3.05) is 17.7 Å². The van der Waals surface area contributed by atoms with Crippen LogP contribution in [0.5, 0.6) is 5.75 Å². The molecule has 0 saturated carbocycles. The summed E-state index contributed by atoms with van der Waals surface area (Å²) in [5.74, 6) is -1.92. The van der Waals surface area contributed by atoms with Crippen LogP contribution >= 0.6 is 0 Å². The van der Waals surface area contributed by atoms with Gasteiger partial charge in [-0.3, -0.25) is 9.59 Å². The van der Waals surface area contributed by atoms with Gasteiger partial charge >= 0.3 is 5.97 Å². The number of nitrogens with one attached hydrogen (secondary N) is 2. The fraction of sp³-hybridized carbons (Fsp3) is 0.190. The van der Waals surface area contributed by atoms with Crippen molar-refractivity contribution >= 4 is 35.2 Å². The summed E-state index contributed by atoms with van der Waals surface area (Å²) in [6.45, 7) is 2.82. The molecule has 2 rings (SSSR count). The summed E-state index contributed by atoms with van der Waals surface area (Å²) in [5.41, 5.74) is 1.52. The van der Waals surface area contributed by atoms with E-state index in [1.54, 1.807) is 30.3 Å². The van der Waals surface area contributed by atoms with Gasteiger partial charge in [-0.05, 0) is 55.0 Å². The van der Waals surface area contributed by atoms with Crippen molar-refractivity contribution in [2.24, 2.45) is 0 Å². The van der Waals surface area contributed by atoms with Crippen LogP contribution in [0.2, 0.25) is 0 Å². The molecule has 0 unspecified atom stereocenters. The van der Waals surface area contributed by atoms with Crippen LogP contribution in [0.1, 0.15) is 19.4 Å². The molecule has 1 atom stereocenters. The van der Waals surface area contributed by atoms with Crippen LogP contribution in [-0.2, 0) is 19.1 Å². The molecule has 2 aromatic rings. The topological polar surface area (TPSA) is 93.7 Å². The molecule has 0 aliphatic rings. The quantitative estimate of drug-likeness (QED) is 0.549. The Balaban J connectivity index is 1.89. The maximum Gasteiger partial charge on any atom is 0.331 e. The molecule has 2 aromatic carbocycles. The number of benzene rings is 2. The van der Waals surface area contributed by atoms with E-state index in [4.69, 9.17) is 9.47 Å². The van der Waals surface area contributed by atoms with Gasteiger partial charge in [0.2, 0.25) is 5.91 Å². The van der Waals surface area contributed by atoms with Crippen LogP contribution in [0.15, 0.2) is 48.5 Å². The highest BCUT2D eigenvalue weighted by atomic mass is 19.1. The van der Waals surface area contributed by atoms with E-state index in [0.29, 0.717) is 16.9 Å². The third-order valence-corrected chi connectivity index (χ3v) is 3.72. The highest BCUT2D eigenvalue weighted by Crippen LogP contribution is 2.18. The predicted molar refractivity (Wildman–Crippen MR) is 107 cm³/mol. The molecular formula is C21H21FN2O5. The zero-order valence-corrected chi connectivity index (χ0v) is 16.2. The van der Waals surface area contributed by atoms with Gasteiger partial charge in [0.05, 0.1) is 7.11 Å². The molecule has 0 aliphatic heterocycles. The second kappa shape index (κ2) is 10.0. The van der Waals surface area contributed by atoms with Gasteiger partial charge in [0.1, 0.15) is 0 Å². The lowest BCUT2D eigenvalue weighted by Gasteiger charge is -2.12. The van der Waals surface area contributed by atoms with Crippen molar-refractivity contribution in [3.8, 4) is 5.75 Å². The van der Waals surface area contributed by atoms with Crippen LogP contribution in [0.4, 0.5) is 15.8 Å². The minimum atomic E-state index is -1.05. The Morgan fingerprint density at radius 1 is 1.03 bits per heavy atom. The van der Waals surface area contributed by atoms with E-state index in [1.165, 1.54) is 39.2 Å². The molecule has 0 spiro atoms. The lowest BCUT2D eigenvalue weighted by Crippen LogP contribution is -2.29. The molecule has 0 bridgehead atoms. The predicted octanol–water partition coefficient (Wildman–Crippen LogP) is 3.38. The van der Waals surface area contributed by atoms with Crippen molar-refractivity contribution in [2.45, 2.75) is 20.0 Å². The Morgan fingerprint density at radius 2 is 1.66 bits per heavy atom. The van der Waals surface area contributed by atoms with E-state index in [9.17, 15) is 18.8 Å². The lowest BCUT2D eigenvalue weighted by molar-refractivity contribution is -0.148. The van der Waals surface area contributed by atoms with Crippen molar-refractivity contribution in [3.63, 3.8) is 0 Å². The Labute approximate surface area is 167 Å². The first-order valence-corrected chi connectivity index (χ1v) is 8.69. The molecule has 0 radical (unpaired) electrons. The summed E-state index contributed by atoms with van der Waals surface area (Å²) < 4.78 is 23.5. The minimum Gasteiger partial charge on any atom is -0.494 e. The largest absolute Gasteiger partial charge is 0.494 e. The van der Waals surface area contributed by atoms with E-state index in [1.807, 2.05) is 0 Å². The van der Waals surface area contributed by atoms with Gasteiger partial charge in [0.25, 0.3) is 5.91 Å². The highest BCUT2D eigenvalue weighted by Gasteiger charge is 2.16. The second-order valence-electron chi connectivity index (χ2n) is 6.05. The first-order valence-electron chi connectivity index (χ1n) is 8.69. The van der Waals surface area contributed by atoms with E-state index in [2.05, 4.69) is 10.6 Å². The van der Waals surface area contributed by atoms with Crippen molar-refractivity contribution in [3.05, 3.63) is 59.9 Å². The smallest absolute Gasteiger partial charge is 0.331 e. The van der Waals surface area contributed by atoms with Crippen LogP contribution < -0.4 is 15.4 Å². The SMILES string of the molecule is COc1ccc(/C=C/C(=O)O[C@@H](C)C(=O)Nc2ccc(NC(C)=O)cc2)cc1F. The highest BCUT2D eigenvalue weighted by molar-refractivity contribution is 5.97. The fourth-order valence-corrected chi connectivity index (χ4v) is 2.30. The number of esters is 1. The first kappa shape index (κ1) is 21.6.